The first-order chi connectivity index (χ1) is 12.5. The van der Waals surface area contributed by atoms with Gasteiger partial charge in [0.2, 0.25) is 0 Å². The molecule has 5 heteroatoms. The molecule has 142 valence electrons. The van der Waals surface area contributed by atoms with Crippen molar-refractivity contribution < 1.29 is 5.11 Å². The third-order valence-corrected chi connectivity index (χ3v) is 5.80. The SMILES string of the molecule is Br.OC1(c2ccc(Cl)cc2)CC(c2ccc(Cl)cc2)=C2CCCCCC2=N1. The molecule has 0 amide bonds. The van der Waals surface area contributed by atoms with E-state index in [2.05, 4.69) is 0 Å². The molecule has 2 nitrogen and oxygen atoms in total. The highest BCUT2D eigenvalue weighted by molar-refractivity contribution is 8.93. The lowest BCUT2D eigenvalue weighted by atomic mass is 9.83. The van der Waals surface area contributed by atoms with Gasteiger partial charge in [-0.3, -0.25) is 4.99 Å². The maximum atomic E-state index is 11.5. The van der Waals surface area contributed by atoms with Gasteiger partial charge < -0.3 is 5.11 Å². The molecule has 4 rings (SSSR count). The van der Waals surface area contributed by atoms with Crippen LogP contribution in [0.2, 0.25) is 10.0 Å². The molecule has 1 aliphatic heterocycles. The molecule has 0 saturated heterocycles. The molecule has 0 aromatic heterocycles. The molecule has 1 unspecified atom stereocenters. The number of dihydropyridines is 1. The van der Waals surface area contributed by atoms with Crippen LogP contribution in [-0.4, -0.2) is 10.8 Å². The van der Waals surface area contributed by atoms with Crippen LogP contribution < -0.4 is 0 Å². The van der Waals surface area contributed by atoms with Crippen LogP contribution in [0.1, 0.15) is 49.7 Å². The van der Waals surface area contributed by atoms with Crippen LogP contribution in [0.15, 0.2) is 59.1 Å². The normalized spacial score (nSPS) is 22.4. The van der Waals surface area contributed by atoms with Gasteiger partial charge in [-0.1, -0.05) is 53.9 Å². The Bertz CT molecular complexity index is 874. The van der Waals surface area contributed by atoms with E-state index >= 15 is 0 Å². The highest BCUT2D eigenvalue weighted by atomic mass is 79.9. The largest absolute Gasteiger partial charge is 0.365 e. The van der Waals surface area contributed by atoms with Crippen molar-refractivity contribution >= 4 is 51.5 Å². The van der Waals surface area contributed by atoms with Crippen LogP contribution in [-0.2, 0) is 5.72 Å². The number of fused-ring (bicyclic) bond motifs is 1. The molecule has 0 spiro atoms. The van der Waals surface area contributed by atoms with E-state index in [1.54, 1.807) is 0 Å². The van der Waals surface area contributed by atoms with Crippen molar-refractivity contribution in [3.05, 3.63) is 75.3 Å². The number of benzene rings is 2. The minimum Gasteiger partial charge on any atom is -0.365 e. The number of rotatable bonds is 2. The Labute approximate surface area is 180 Å². The van der Waals surface area contributed by atoms with Gasteiger partial charge in [-0.25, -0.2) is 0 Å². The zero-order valence-corrected chi connectivity index (χ0v) is 18.1. The Kier molecular flexibility index (Phi) is 6.47. The first-order valence-electron chi connectivity index (χ1n) is 9.11. The van der Waals surface area contributed by atoms with Gasteiger partial charge >= 0.3 is 0 Å². The molecule has 2 aromatic rings. The summed E-state index contributed by atoms with van der Waals surface area (Å²) in [4.78, 5) is 4.83. The standard InChI is InChI=1S/C22H21Cl2NO.BrH/c23-17-10-6-15(7-11-17)20-14-22(26,16-8-12-18(24)13-9-16)25-21-5-3-1-2-4-19(20)21;/h6-13,26H,1-5,14H2;1H. The summed E-state index contributed by atoms with van der Waals surface area (Å²) in [6, 6.07) is 15.3. The lowest BCUT2D eigenvalue weighted by molar-refractivity contribution is 0.0505. The third-order valence-electron chi connectivity index (χ3n) is 5.30. The fourth-order valence-electron chi connectivity index (χ4n) is 3.94. The topological polar surface area (TPSA) is 32.6 Å². The Hall–Kier alpha value is -1.13. The average Bonchev–Trinajstić information content (AvgIpc) is 2.87. The van der Waals surface area contributed by atoms with Crippen molar-refractivity contribution in [2.45, 2.75) is 44.2 Å². The summed E-state index contributed by atoms with van der Waals surface area (Å²) >= 11 is 12.1. The molecule has 0 bridgehead atoms. The second-order valence-corrected chi connectivity index (χ2v) is 7.96. The van der Waals surface area contributed by atoms with Gasteiger partial charge in [0.25, 0.3) is 0 Å². The Balaban J connectivity index is 0.00000210. The molecule has 1 N–H and O–H groups in total. The van der Waals surface area contributed by atoms with Gasteiger partial charge in [0.1, 0.15) is 0 Å². The fourth-order valence-corrected chi connectivity index (χ4v) is 4.19. The van der Waals surface area contributed by atoms with Crippen molar-refractivity contribution in [1.82, 2.24) is 0 Å². The summed E-state index contributed by atoms with van der Waals surface area (Å²) in [6.07, 6.45) is 5.90. The number of hydrogen-bond donors (Lipinski definition) is 1. The van der Waals surface area contributed by atoms with E-state index < -0.39 is 5.72 Å². The number of nitrogens with zero attached hydrogens (tertiary/aromatic N) is 1. The average molecular weight is 467 g/mol. The lowest BCUT2D eigenvalue weighted by Gasteiger charge is -2.33. The summed E-state index contributed by atoms with van der Waals surface area (Å²) in [5, 5.41) is 12.8. The Morgan fingerprint density at radius 1 is 0.778 bits per heavy atom. The van der Waals surface area contributed by atoms with E-state index in [1.807, 2.05) is 48.5 Å². The Morgan fingerprint density at radius 2 is 1.37 bits per heavy atom. The molecule has 1 atom stereocenters. The molecule has 1 aliphatic carbocycles. The molecule has 1 heterocycles. The van der Waals surface area contributed by atoms with Crippen LogP contribution in [0.5, 0.6) is 0 Å². The van der Waals surface area contributed by atoms with Crippen molar-refractivity contribution in [2.75, 3.05) is 0 Å². The van der Waals surface area contributed by atoms with E-state index in [4.69, 9.17) is 28.2 Å². The number of allylic oxidation sites excluding steroid dienone is 1. The van der Waals surface area contributed by atoms with Crippen LogP contribution in [0, 0.1) is 0 Å². The summed E-state index contributed by atoms with van der Waals surface area (Å²) in [7, 11) is 0. The maximum Gasteiger partial charge on any atom is 0.186 e. The van der Waals surface area contributed by atoms with Gasteiger partial charge in [0.15, 0.2) is 5.72 Å². The Morgan fingerprint density at radius 3 is 2.04 bits per heavy atom. The molecule has 1 saturated carbocycles. The van der Waals surface area contributed by atoms with Crippen molar-refractivity contribution in [3.8, 4) is 0 Å². The number of aliphatic imine (C=N–C) groups is 1. The molecular weight excluding hydrogens is 445 g/mol. The zero-order valence-electron chi connectivity index (χ0n) is 14.9. The van der Waals surface area contributed by atoms with Crippen LogP contribution in [0.25, 0.3) is 5.57 Å². The van der Waals surface area contributed by atoms with Crippen molar-refractivity contribution in [1.29, 1.82) is 0 Å². The van der Waals surface area contributed by atoms with Crippen LogP contribution >= 0.6 is 40.2 Å². The summed E-state index contributed by atoms with van der Waals surface area (Å²) < 4.78 is 0. The zero-order chi connectivity index (χ0) is 18.1. The molecule has 1 fully saturated rings. The summed E-state index contributed by atoms with van der Waals surface area (Å²) in [5.41, 5.74) is 4.20. The van der Waals surface area contributed by atoms with Gasteiger partial charge in [0, 0.05) is 27.7 Å². The minimum absolute atomic E-state index is 0. The lowest BCUT2D eigenvalue weighted by Crippen LogP contribution is -2.30. The predicted octanol–water partition coefficient (Wildman–Crippen LogP) is 6.98. The first-order valence-corrected chi connectivity index (χ1v) is 9.86. The number of hydrogen-bond acceptors (Lipinski definition) is 2. The van der Waals surface area contributed by atoms with Gasteiger partial charge in [-0.2, -0.15) is 0 Å². The second-order valence-electron chi connectivity index (χ2n) is 7.08. The van der Waals surface area contributed by atoms with Crippen LogP contribution in [0.4, 0.5) is 0 Å². The van der Waals surface area contributed by atoms with E-state index in [0.717, 1.165) is 41.1 Å². The van der Waals surface area contributed by atoms with E-state index in [1.165, 1.54) is 24.0 Å². The highest BCUT2D eigenvalue weighted by Gasteiger charge is 2.36. The summed E-state index contributed by atoms with van der Waals surface area (Å²) in [6.45, 7) is 0. The van der Waals surface area contributed by atoms with Crippen molar-refractivity contribution in [2.24, 2.45) is 4.99 Å². The third kappa shape index (κ3) is 4.32. The van der Waals surface area contributed by atoms with E-state index in [9.17, 15) is 5.11 Å². The smallest absolute Gasteiger partial charge is 0.186 e. The molecular formula is C22H22BrCl2NO. The second kappa shape index (κ2) is 8.48. The quantitative estimate of drug-likeness (QED) is 0.508. The van der Waals surface area contributed by atoms with E-state index in [0.29, 0.717) is 11.4 Å². The maximum absolute atomic E-state index is 11.5. The van der Waals surface area contributed by atoms with Gasteiger partial charge in [-0.05, 0) is 66.7 Å². The molecule has 27 heavy (non-hydrogen) atoms. The van der Waals surface area contributed by atoms with Crippen LogP contribution in [0.3, 0.4) is 0 Å². The minimum atomic E-state index is -1.25. The molecule has 2 aliphatic rings. The predicted molar refractivity (Wildman–Crippen MR) is 119 cm³/mol. The number of aliphatic hydroxyl groups is 1. The first kappa shape index (κ1) is 20.6. The number of halogens is 3. The molecule has 2 aromatic carbocycles. The highest BCUT2D eigenvalue weighted by Crippen LogP contribution is 2.43. The fraction of sp³-hybridized carbons (Fsp3) is 0.318. The van der Waals surface area contributed by atoms with E-state index in [-0.39, 0.29) is 17.0 Å². The van der Waals surface area contributed by atoms with Gasteiger partial charge in [0.05, 0.1) is 0 Å². The molecule has 0 radical (unpaired) electrons. The van der Waals surface area contributed by atoms with Gasteiger partial charge in [-0.15, -0.1) is 17.0 Å². The monoisotopic (exact) mass is 465 g/mol. The summed E-state index contributed by atoms with van der Waals surface area (Å²) in [5.74, 6) is 0. The van der Waals surface area contributed by atoms with Crippen molar-refractivity contribution in [3.63, 3.8) is 0 Å².